The molecule has 0 bridgehead atoms. The zero-order valence-electron chi connectivity index (χ0n) is 14.9. The highest BCUT2D eigenvalue weighted by atomic mass is 14.6. The van der Waals surface area contributed by atoms with E-state index in [0.717, 1.165) is 22.2 Å². The van der Waals surface area contributed by atoms with Crippen LogP contribution in [0.4, 0.5) is 5.69 Å². The normalized spacial score (nSPS) is 11.1. The molecule has 5 aromatic rings. The summed E-state index contributed by atoms with van der Waals surface area (Å²) < 4.78 is 0. The third-order valence-electron chi connectivity index (χ3n) is 5.19. The van der Waals surface area contributed by atoms with Crippen LogP contribution in [0.15, 0.2) is 103 Å². The minimum Gasteiger partial charge on any atom is -0.398 e. The van der Waals surface area contributed by atoms with Crippen LogP contribution >= 0.6 is 0 Å². The van der Waals surface area contributed by atoms with Gasteiger partial charge in [-0.25, -0.2) is 0 Å². The second kappa shape index (κ2) is 6.30. The van der Waals surface area contributed by atoms with E-state index in [9.17, 15) is 0 Å². The van der Waals surface area contributed by atoms with Crippen molar-refractivity contribution in [1.82, 2.24) is 0 Å². The van der Waals surface area contributed by atoms with Crippen LogP contribution in [0, 0.1) is 0 Å². The SMILES string of the molecule is Nc1c(-c2ccccc2)c(-c2ccccc2)cc2cc3ccccc3cc12. The Balaban J connectivity index is 1.92. The number of fused-ring (bicyclic) bond motifs is 2. The fourth-order valence-electron chi connectivity index (χ4n) is 3.88. The summed E-state index contributed by atoms with van der Waals surface area (Å²) in [6.45, 7) is 0. The first kappa shape index (κ1) is 15.7. The van der Waals surface area contributed by atoms with Crippen molar-refractivity contribution in [2.45, 2.75) is 0 Å². The molecule has 0 spiro atoms. The second-order valence-electron chi connectivity index (χ2n) is 6.87. The van der Waals surface area contributed by atoms with Gasteiger partial charge >= 0.3 is 0 Å². The van der Waals surface area contributed by atoms with E-state index >= 15 is 0 Å². The molecule has 5 aromatic carbocycles. The molecule has 0 unspecified atom stereocenters. The average molecular weight is 345 g/mol. The summed E-state index contributed by atoms with van der Waals surface area (Å²) in [5.74, 6) is 0. The highest BCUT2D eigenvalue weighted by Crippen LogP contribution is 2.42. The van der Waals surface area contributed by atoms with E-state index < -0.39 is 0 Å². The maximum absolute atomic E-state index is 6.78. The van der Waals surface area contributed by atoms with Gasteiger partial charge in [0.05, 0.1) is 0 Å². The predicted octanol–water partition coefficient (Wildman–Crippen LogP) is 6.91. The van der Waals surface area contributed by atoms with E-state index in [1.807, 2.05) is 12.1 Å². The molecule has 0 fully saturated rings. The van der Waals surface area contributed by atoms with E-state index in [4.69, 9.17) is 5.73 Å². The summed E-state index contributed by atoms with van der Waals surface area (Å²) >= 11 is 0. The van der Waals surface area contributed by atoms with Gasteiger partial charge in [-0.15, -0.1) is 0 Å². The summed E-state index contributed by atoms with van der Waals surface area (Å²) in [7, 11) is 0. The van der Waals surface area contributed by atoms with Crippen molar-refractivity contribution in [3.05, 3.63) is 103 Å². The molecule has 0 aliphatic carbocycles. The van der Waals surface area contributed by atoms with Crippen molar-refractivity contribution < 1.29 is 0 Å². The summed E-state index contributed by atoms with van der Waals surface area (Å²) in [6.07, 6.45) is 0. The van der Waals surface area contributed by atoms with Gasteiger partial charge in [-0.05, 0) is 51.0 Å². The molecule has 5 rings (SSSR count). The van der Waals surface area contributed by atoms with E-state index in [1.54, 1.807) is 0 Å². The van der Waals surface area contributed by atoms with Crippen LogP contribution in [0.1, 0.15) is 0 Å². The minimum absolute atomic E-state index is 0.836. The van der Waals surface area contributed by atoms with Crippen LogP contribution in [0.25, 0.3) is 43.8 Å². The molecule has 1 nitrogen and oxygen atoms in total. The number of nitrogen functional groups attached to an aromatic ring is 1. The van der Waals surface area contributed by atoms with Gasteiger partial charge in [0.1, 0.15) is 0 Å². The van der Waals surface area contributed by atoms with E-state index in [1.165, 1.54) is 27.3 Å². The lowest BCUT2D eigenvalue weighted by Crippen LogP contribution is -1.96. The van der Waals surface area contributed by atoms with Gasteiger partial charge in [0.2, 0.25) is 0 Å². The lowest BCUT2D eigenvalue weighted by molar-refractivity contribution is 1.60. The molecule has 0 saturated carbocycles. The molecule has 128 valence electrons. The van der Waals surface area contributed by atoms with E-state index in [-0.39, 0.29) is 0 Å². The summed E-state index contributed by atoms with van der Waals surface area (Å²) in [5, 5.41) is 4.72. The predicted molar refractivity (Wildman–Crippen MR) is 117 cm³/mol. The first-order valence-corrected chi connectivity index (χ1v) is 9.17. The molecule has 1 heteroatoms. The first-order valence-electron chi connectivity index (χ1n) is 9.17. The largest absolute Gasteiger partial charge is 0.398 e. The highest BCUT2D eigenvalue weighted by molar-refractivity contribution is 6.11. The van der Waals surface area contributed by atoms with Crippen molar-refractivity contribution in [3.63, 3.8) is 0 Å². The van der Waals surface area contributed by atoms with E-state index in [0.29, 0.717) is 0 Å². The lowest BCUT2D eigenvalue weighted by Gasteiger charge is -2.17. The van der Waals surface area contributed by atoms with Crippen molar-refractivity contribution >= 4 is 27.2 Å². The van der Waals surface area contributed by atoms with Gasteiger partial charge in [-0.3, -0.25) is 0 Å². The fourth-order valence-corrected chi connectivity index (χ4v) is 3.88. The number of benzene rings is 5. The zero-order chi connectivity index (χ0) is 18.2. The number of hydrogen-bond acceptors (Lipinski definition) is 1. The summed E-state index contributed by atoms with van der Waals surface area (Å²) in [4.78, 5) is 0. The maximum atomic E-state index is 6.78. The van der Waals surface area contributed by atoms with Crippen LogP contribution in [0.2, 0.25) is 0 Å². The fraction of sp³-hybridized carbons (Fsp3) is 0. The smallest absolute Gasteiger partial charge is 0.0479 e. The lowest BCUT2D eigenvalue weighted by atomic mass is 9.89. The minimum atomic E-state index is 0.836. The summed E-state index contributed by atoms with van der Waals surface area (Å²) in [5.41, 5.74) is 12.2. The number of rotatable bonds is 2. The monoisotopic (exact) mass is 345 g/mol. The van der Waals surface area contributed by atoms with E-state index in [2.05, 4.69) is 91.0 Å². The topological polar surface area (TPSA) is 26.0 Å². The van der Waals surface area contributed by atoms with Crippen molar-refractivity contribution in [3.8, 4) is 22.3 Å². The van der Waals surface area contributed by atoms with Crippen molar-refractivity contribution in [2.24, 2.45) is 0 Å². The first-order chi connectivity index (χ1) is 13.3. The summed E-state index contributed by atoms with van der Waals surface area (Å²) in [6, 6.07) is 36.1. The average Bonchev–Trinajstić information content (AvgIpc) is 2.74. The Morgan fingerprint density at radius 2 is 1.04 bits per heavy atom. The van der Waals surface area contributed by atoms with Crippen molar-refractivity contribution in [1.29, 1.82) is 0 Å². The van der Waals surface area contributed by atoms with Gasteiger partial charge in [0.15, 0.2) is 0 Å². The van der Waals surface area contributed by atoms with Gasteiger partial charge < -0.3 is 5.73 Å². The molecule has 27 heavy (non-hydrogen) atoms. The van der Waals surface area contributed by atoms with Crippen LogP contribution in [-0.4, -0.2) is 0 Å². The molecule has 0 heterocycles. The standard InChI is InChI=1S/C26H19N/c27-26-24-16-21-14-8-7-13-20(21)15-22(24)17-23(18-9-3-1-4-10-18)25(26)19-11-5-2-6-12-19/h1-17H,27H2. The number of hydrogen-bond donors (Lipinski definition) is 1. The molecule has 0 atom stereocenters. The van der Waals surface area contributed by atoms with Crippen molar-refractivity contribution in [2.75, 3.05) is 5.73 Å². The third-order valence-corrected chi connectivity index (χ3v) is 5.19. The van der Waals surface area contributed by atoms with Crippen LogP contribution in [0.5, 0.6) is 0 Å². The molecular weight excluding hydrogens is 326 g/mol. The Kier molecular flexibility index (Phi) is 3.65. The molecule has 2 N–H and O–H groups in total. The quantitative estimate of drug-likeness (QED) is 0.273. The van der Waals surface area contributed by atoms with Gasteiger partial charge in [-0.2, -0.15) is 0 Å². The zero-order valence-corrected chi connectivity index (χ0v) is 14.9. The van der Waals surface area contributed by atoms with Crippen LogP contribution < -0.4 is 5.73 Å². The molecular formula is C26H19N. The second-order valence-corrected chi connectivity index (χ2v) is 6.87. The molecule has 0 saturated heterocycles. The van der Waals surface area contributed by atoms with Gasteiger partial charge in [0, 0.05) is 16.6 Å². The van der Waals surface area contributed by atoms with Crippen LogP contribution in [-0.2, 0) is 0 Å². The Morgan fingerprint density at radius 1 is 0.481 bits per heavy atom. The Hall–Kier alpha value is -3.58. The van der Waals surface area contributed by atoms with Crippen LogP contribution in [0.3, 0.4) is 0 Å². The molecule has 0 radical (unpaired) electrons. The van der Waals surface area contributed by atoms with Gasteiger partial charge in [-0.1, -0.05) is 84.9 Å². The Labute approximate surface area is 158 Å². The molecule has 0 aliphatic rings. The number of nitrogens with two attached hydrogens (primary N) is 1. The highest BCUT2D eigenvalue weighted by Gasteiger charge is 2.15. The molecule has 0 amide bonds. The Morgan fingerprint density at radius 3 is 1.70 bits per heavy atom. The third kappa shape index (κ3) is 2.65. The molecule has 0 aromatic heterocycles. The number of anilines is 1. The maximum Gasteiger partial charge on any atom is 0.0479 e. The van der Waals surface area contributed by atoms with Gasteiger partial charge in [0.25, 0.3) is 0 Å². The Bertz CT molecular complexity index is 1260. The molecule has 0 aliphatic heterocycles.